The molecule has 1 aromatic carbocycles. The number of sulfonamides is 1. The molecule has 0 spiro atoms. The van der Waals surface area contributed by atoms with Crippen LogP contribution in [0.5, 0.6) is 0 Å². The van der Waals surface area contributed by atoms with Crippen LogP contribution in [0.1, 0.15) is 22.9 Å². The van der Waals surface area contributed by atoms with E-state index >= 15 is 0 Å². The van der Waals surface area contributed by atoms with E-state index in [9.17, 15) is 8.42 Å². The Morgan fingerprint density at radius 2 is 1.78 bits per heavy atom. The van der Waals surface area contributed by atoms with E-state index in [0.29, 0.717) is 19.0 Å². The van der Waals surface area contributed by atoms with Gasteiger partial charge in [0.15, 0.2) is 5.96 Å². The van der Waals surface area contributed by atoms with E-state index in [-0.39, 0.29) is 35.4 Å². The van der Waals surface area contributed by atoms with Gasteiger partial charge in [0.2, 0.25) is 10.0 Å². The lowest BCUT2D eigenvalue weighted by molar-refractivity contribution is 0.580. The summed E-state index contributed by atoms with van der Waals surface area (Å²) in [7, 11) is -3.49. The number of aryl methyl sites for hydroxylation is 2. The van der Waals surface area contributed by atoms with Crippen LogP contribution in [0.15, 0.2) is 45.6 Å². The molecule has 0 bridgehead atoms. The zero-order valence-electron chi connectivity index (χ0n) is 15.8. The molecule has 0 aliphatic carbocycles. The zero-order chi connectivity index (χ0) is 19.0. The smallest absolute Gasteiger partial charge is 0.240 e. The summed E-state index contributed by atoms with van der Waals surface area (Å²) in [5, 5.41) is 8.37. The molecular formula is C18H27IN4O2S2. The third-order valence-corrected chi connectivity index (χ3v) is 6.22. The molecule has 0 radical (unpaired) electrons. The Labute approximate surface area is 182 Å². The van der Waals surface area contributed by atoms with Crippen molar-refractivity contribution in [1.82, 2.24) is 15.4 Å². The largest absolute Gasteiger partial charge is 0.357 e. The van der Waals surface area contributed by atoms with E-state index in [0.717, 1.165) is 12.1 Å². The van der Waals surface area contributed by atoms with Crippen LogP contribution in [-0.2, 0) is 16.6 Å². The molecule has 0 aliphatic heterocycles. The predicted molar refractivity (Wildman–Crippen MR) is 124 cm³/mol. The van der Waals surface area contributed by atoms with Crippen molar-refractivity contribution in [2.45, 2.75) is 32.2 Å². The van der Waals surface area contributed by atoms with Crippen LogP contribution in [-0.4, -0.2) is 34.0 Å². The van der Waals surface area contributed by atoms with Crippen molar-refractivity contribution in [1.29, 1.82) is 0 Å². The van der Waals surface area contributed by atoms with Gasteiger partial charge in [-0.15, -0.1) is 35.3 Å². The van der Waals surface area contributed by atoms with Crippen molar-refractivity contribution in [2.75, 3.05) is 19.6 Å². The number of benzene rings is 1. The third-order valence-electron chi connectivity index (χ3n) is 3.73. The fourth-order valence-electron chi connectivity index (χ4n) is 2.23. The summed E-state index contributed by atoms with van der Waals surface area (Å²) < 4.78 is 27.1. The second kappa shape index (κ2) is 11.6. The summed E-state index contributed by atoms with van der Waals surface area (Å²) in [6.07, 6.45) is 0. The molecule has 0 atom stereocenters. The first-order chi connectivity index (χ1) is 12.4. The average Bonchev–Trinajstić information content (AvgIpc) is 3.02. The van der Waals surface area contributed by atoms with Gasteiger partial charge in [-0.3, -0.25) is 0 Å². The summed E-state index contributed by atoms with van der Waals surface area (Å²) in [4.78, 5) is 6.05. The van der Waals surface area contributed by atoms with Crippen LogP contribution in [0.3, 0.4) is 0 Å². The topological polar surface area (TPSA) is 82.6 Å². The quantitative estimate of drug-likeness (QED) is 0.216. The van der Waals surface area contributed by atoms with E-state index in [4.69, 9.17) is 0 Å². The monoisotopic (exact) mass is 522 g/mol. The molecule has 9 heteroatoms. The van der Waals surface area contributed by atoms with Crippen LogP contribution >= 0.6 is 35.3 Å². The van der Waals surface area contributed by atoms with Crippen molar-refractivity contribution < 1.29 is 8.42 Å². The lowest BCUT2D eigenvalue weighted by Gasteiger charge is -2.12. The van der Waals surface area contributed by atoms with Gasteiger partial charge in [0, 0.05) is 24.5 Å². The number of nitrogens with one attached hydrogen (secondary N) is 3. The molecule has 0 aliphatic rings. The molecule has 0 saturated carbocycles. The molecule has 1 aromatic heterocycles. The molecule has 0 fully saturated rings. The van der Waals surface area contributed by atoms with Gasteiger partial charge in [-0.25, -0.2) is 18.1 Å². The number of halogens is 1. The van der Waals surface area contributed by atoms with Gasteiger partial charge in [0.25, 0.3) is 0 Å². The Balaban J connectivity index is 0.00000364. The summed E-state index contributed by atoms with van der Waals surface area (Å²) in [5.41, 5.74) is 2.26. The summed E-state index contributed by atoms with van der Waals surface area (Å²) in [5.74, 6) is 0.676. The minimum absolute atomic E-state index is 0. The maximum Gasteiger partial charge on any atom is 0.240 e. The fourth-order valence-corrected chi connectivity index (χ4v) is 4.09. The normalized spacial score (nSPS) is 11.7. The Bertz CT molecular complexity index is 833. The second-order valence-corrected chi connectivity index (χ2v) is 8.63. The van der Waals surface area contributed by atoms with Crippen molar-refractivity contribution >= 4 is 51.3 Å². The number of hydrogen-bond donors (Lipinski definition) is 3. The van der Waals surface area contributed by atoms with Crippen molar-refractivity contribution in [3.05, 3.63) is 51.7 Å². The van der Waals surface area contributed by atoms with Gasteiger partial charge in [-0.1, -0.05) is 17.7 Å². The maximum absolute atomic E-state index is 12.2. The third kappa shape index (κ3) is 7.76. The van der Waals surface area contributed by atoms with E-state index in [1.54, 1.807) is 35.6 Å². The molecule has 0 saturated heterocycles. The van der Waals surface area contributed by atoms with E-state index < -0.39 is 10.0 Å². The molecule has 2 rings (SSSR count). The summed E-state index contributed by atoms with van der Waals surface area (Å²) in [6, 6.07) is 8.88. The Morgan fingerprint density at radius 1 is 1.07 bits per heavy atom. The molecular weight excluding hydrogens is 495 g/mol. The van der Waals surface area contributed by atoms with Crippen LogP contribution in [0.25, 0.3) is 0 Å². The van der Waals surface area contributed by atoms with Gasteiger partial charge in [0.05, 0.1) is 11.4 Å². The first-order valence-electron chi connectivity index (χ1n) is 8.54. The standard InChI is InChI=1S/C18H26N4O2S2.HI/c1-4-19-18(21-13-17-15(3)9-12-25-17)20-10-11-22-26(23,24)16-7-5-14(2)6-8-16;/h5-9,12,22H,4,10-11,13H2,1-3H3,(H2,19,20,21);1H. The van der Waals surface area contributed by atoms with Crippen LogP contribution in [0, 0.1) is 13.8 Å². The lowest BCUT2D eigenvalue weighted by atomic mass is 10.2. The van der Waals surface area contributed by atoms with E-state index in [1.807, 2.05) is 13.8 Å². The molecule has 150 valence electrons. The van der Waals surface area contributed by atoms with Gasteiger partial charge in [-0.05, 0) is 49.9 Å². The number of rotatable bonds is 8. The summed E-state index contributed by atoms with van der Waals surface area (Å²) >= 11 is 1.69. The summed E-state index contributed by atoms with van der Waals surface area (Å²) in [6.45, 7) is 8.06. The average molecular weight is 522 g/mol. The SMILES string of the molecule is CCNC(=NCc1sccc1C)NCCNS(=O)(=O)c1ccc(C)cc1.I. The molecule has 2 aromatic rings. The fraction of sp³-hybridized carbons (Fsp3) is 0.389. The highest BCUT2D eigenvalue weighted by molar-refractivity contribution is 14.0. The minimum Gasteiger partial charge on any atom is -0.357 e. The Kier molecular flexibility index (Phi) is 10.3. The predicted octanol–water partition coefficient (Wildman–Crippen LogP) is 3.02. The van der Waals surface area contributed by atoms with E-state index in [1.165, 1.54) is 10.4 Å². The molecule has 6 nitrogen and oxygen atoms in total. The number of aliphatic imine (C=N–C) groups is 1. The van der Waals surface area contributed by atoms with E-state index in [2.05, 4.69) is 38.7 Å². The molecule has 0 amide bonds. The van der Waals surface area contributed by atoms with Gasteiger partial charge in [-0.2, -0.15) is 0 Å². The van der Waals surface area contributed by atoms with Crippen LogP contribution in [0.2, 0.25) is 0 Å². The highest BCUT2D eigenvalue weighted by Gasteiger charge is 2.12. The first-order valence-corrected chi connectivity index (χ1v) is 10.9. The number of nitrogens with zero attached hydrogens (tertiary/aromatic N) is 1. The lowest BCUT2D eigenvalue weighted by Crippen LogP contribution is -2.41. The number of thiophene rings is 1. The second-order valence-electron chi connectivity index (χ2n) is 5.86. The number of hydrogen-bond acceptors (Lipinski definition) is 4. The highest BCUT2D eigenvalue weighted by atomic mass is 127. The highest BCUT2D eigenvalue weighted by Crippen LogP contribution is 2.16. The molecule has 3 N–H and O–H groups in total. The Hall–Kier alpha value is -1.17. The maximum atomic E-state index is 12.2. The Morgan fingerprint density at radius 3 is 2.37 bits per heavy atom. The van der Waals surface area contributed by atoms with Crippen molar-refractivity contribution in [2.24, 2.45) is 4.99 Å². The van der Waals surface area contributed by atoms with Crippen molar-refractivity contribution in [3.63, 3.8) is 0 Å². The molecule has 1 heterocycles. The zero-order valence-corrected chi connectivity index (χ0v) is 19.7. The molecule has 0 unspecified atom stereocenters. The van der Waals surface area contributed by atoms with Crippen LogP contribution < -0.4 is 15.4 Å². The van der Waals surface area contributed by atoms with Gasteiger partial charge in [0.1, 0.15) is 0 Å². The molecule has 27 heavy (non-hydrogen) atoms. The van der Waals surface area contributed by atoms with Crippen molar-refractivity contribution in [3.8, 4) is 0 Å². The number of guanidine groups is 1. The first kappa shape index (κ1) is 23.9. The van der Waals surface area contributed by atoms with Crippen LogP contribution in [0.4, 0.5) is 0 Å². The van der Waals surface area contributed by atoms with Gasteiger partial charge >= 0.3 is 0 Å². The van der Waals surface area contributed by atoms with Gasteiger partial charge < -0.3 is 10.6 Å². The minimum atomic E-state index is -3.49.